The Bertz CT molecular complexity index is 1220. The Morgan fingerprint density at radius 1 is 1.15 bits per heavy atom. The van der Waals surface area contributed by atoms with Crippen molar-refractivity contribution in [2.75, 3.05) is 26.7 Å². The Kier molecular flexibility index (Phi) is 5.38. The van der Waals surface area contributed by atoms with Crippen LogP contribution in [-0.2, 0) is 6.54 Å². The smallest absolute Gasteiger partial charge is 0.335 e. The second kappa shape index (κ2) is 8.43. The molecule has 34 heavy (non-hydrogen) atoms. The highest BCUT2D eigenvalue weighted by atomic mass is 16.5. The van der Waals surface area contributed by atoms with Crippen molar-refractivity contribution in [3.05, 3.63) is 64.8 Å². The summed E-state index contributed by atoms with van der Waals surface area (Å²) in [7, 11) is 1.76. The summed E-state index contributed by atoms with van der Waals surface area (Å²) in [6.07, 6.45) is 6.11. The molecule has 4 atom stereocenters. The van der Waals surface area contributed by atoms with E-state index in [0.29, 0.717) is 11.6 Å². The topological polar surface area (TPSA) is 68.8 Å². The van der Waals surface area contributed by atoms with Gasteiger partial charge >= 0.3 is 5.97 Å². The maximum absolute atomic E-state index is 11.4. The molecular formula is C28H33N3O3. The first-order valence-electron chi connectivity index (χ1n) is 12.5. The summed E-state index contributed by atoms with van der Waals surface area (Å²) in [6.45, 7) is 6.17. The number of aromatic nitrogens is 1. The molecule has 178 valence electrons. The zero-order valence-corrected chi connectivity index (χ0v) is 20.0. The molecule has 1 aliphatic carbocycles. The van der Waals surface area contributed by atoms with Crippen molar-refractivity contribution in [1.29, 1.82) is 0 Å². The highest BCUT2D eigenvalue weighted by Gasteiger charge is 2.48. The molecule has 0 spiro atoms. The molecule has 6 nitrogen and oxygen atoms in total. The van der Waals surface area contributed by atoms with Crippen LogP contribution in [0.5, 0.6) is 5.75 Å². The molecule has 0 unspecified atom stereocenters. The van der Waals surface area contributed by atoms with Crippen LogP contribution in [0, 0.1) is 18.8 Å². The average Bonchev–Trinajstić information content (AvgIpc) is 3.57. The maximum atomic E-state index is 11.4. The van der Waals surface area contributed by atoms with E-state index < -0.39 is 5.97 Å². The Labute approximate surface area is 200 Å². The number of hydrogen-bond donors (Lipinski definition) is 2. The normalized spacial score (nSPS) is 27.1. The number of fused-ring (bicyclic) bond motifs is 4. The third-order valence-corrected chi connectivity index (χ3v) is 8.65. The summed E-state index contributed by atoms with van der Waals surface area (Å²) in [5.74, 6) is 1.71. The molecule has 0 radical (unpaired) electrons. The van der Waals surface area contributed by atoms with Gasteiger partial charge < -0.3 is 14.8 Å². The molecule has 2 saturated heterocycles. The molecule has 1 saturated carbocycles. The van der Waals surface area contributed by atoms with Crippen molar-refractivity contribution in [2.45, 2.75) is 44.8 Å². The van der Waals surface area contributed by atoms with Crippen LogP contribution >= 0.6 is 0 Å². The lowest BCUT2D eigenvalue weighted by molar-refractivity contribution is 0.0313. The number of aryl methyl sites for hydroxylation is 1. The fraction of sp³-hybridized carbons (Fsp3) is 0.464. The largest absolute Gasteiger partial charge is 0.496 e. The number of aromatic carboxylic acids is 1. The Morgan fingerprint density at radius 2 is 1.97 bits per heavy atom. The van der Waals surface area contributed by atoms with E-state index in [2.05, 4.69) is 33.8 Å². The van der Waals surface area contributed by atoms with Gasteiger partial charge in [0.2, 0.25) is 0 Å². The summed E-state index contributed by atoms with van der Waals surface area (Å²) >= 11 is 0. The van der Waals surface area contributed by atoms with Gasteiger partial charge in [0, 0.05) is 60.9 Å². The van der Waals surface area contributed by atoms with Crippen molar-refractivity contribution >= 4 is 16.9 Å². The van der Waals surface area contributed by atoms with Gasteiger partial charge in [-0.25, -0.2) is 4.79 Å². The molecule has 0 amide bonds. The number of hydrogen-bond acceptors (Lipinski definition) is 4. The molecule has 2 N–H and O–H groups in total. The quantitative estimate of drug-likeness (QED) is 0.571. The maximum Gasteiger partial charge on any atom is 0.335 e. The number of aromatic amines is 1. The second-order valence-corrected chi connectivity index (χ2v) is 10.4. The zero-order chi connectivity index (χ0) is 23.4. The van der Waals surface area contributed by atoms with Crippen molar-refractivity contribution in [3.63, 3.8) is 0 Å². The van der Waals surface area contributed by atoms with Crippen LogP contribution in [0.3, 0.4) is 0 Å². The molecule has 2 aromatic carbocycles. The van der Waals surface area contributed by atoms with Gasteiger partial charge in [0.05, 0.1) is 12.7 Å². The lowest BCUT2D eigenvalue weighted by atomic mass is 9.90. The van der Waals surface area contributed by atoms with Crippen molar-refractivity contribution in [3.8, 4) is 5.75 Å². The van der Waals surface area contributed by atoms with E-state index in [1.54, 1.807) is 19.2 Å². The lowest BCUT2D eigenvalue weighted by Crippen LogP contribution is -2.53. The van der Waals surface area contributed by atoms with Crippen LogP contribution in [0.4, 0.5) is 0 Å². The third kappa shape index (κ3) is 3.51. The minimum atomic E-state index is -0.876. The number of rotatable bonds is 5. The van der Waals surface area contributed by atoms with E-state index in [0.717, 1.165) is 37.2 Å². The number of H-pyrrole nitrogens is 1. The predicted molar refractivity (Wildman–Crippen MR) is 132 cm³/mol. The molecule has 2 aliphatic heterocycles. The number of nitrogens with one attached hydrogen (secondary N) is 1. The fourth-order valence-corrected chi connectivity index (χ4v) is 6.99. The number of piperazine rings is 1. The molecule has 3 heterocycles. The minimum absolute atomic E-state index is 0.220. The van der Waals surface area contributed by atoms with E-state index in [1.807, 2.05) is 18.3 Å². The summed E-state index contributed by atoms with van der Waals surface area (Å²) in [5, 5.41) is 10.6. The van der Waals surface area contributed by atoms with E-state index in [9.17, 15) is 9.90 Å². The van der Waals surface area contributed by atoms with Gasteiger partial charge in [-0.05, 0) is 67.0 Å². The van der Waals surface area contributed by atoms with Crippen LogP contribution in [0.25, 0.3) is 10.9 Å². The fourth-order valence-electron chi connectivity index (χ4n) is 6.99. The van der Waals surface area contributed by atoms with Crippen LogP contribution in [-0.4, -0.2) is 58.6 Å². The van der Waals surface area contributed by atoms with E-state index >= 15 is 0 Å². The highest BCUT2D eigenvalue weighted by molar-refractivity contribution is 5.88. The van der Waals surface area contributed by atoms with Crippen LogP contribution in [0.15, 0.2) is 42.6 Å². The molecule has 6 heteroatoms. The standard InChI is InChI=1S/C28H33N3O3/c1-17-12-26(34-2)23(22-10-11-29-27(17)22)14-31-16-25-21-5-3-4-20(21)13-30(25)15-24(31)18-6-8-19(9-7-18)28(32)33/h6-12,20-21,24-25,29H,3-5,13-16H2,1-2H3,(H,32,33)/t20-,21-,24+,25+/m1/s1. The molecular weight excluding hydrogens is 426 g/mol. The predicted octanol–water partition coefficient (Wildman–Crippen LogP) is 4.84. The van der Waals surface area contributed by atoms with Crippen LogP contribution in [0.2, 0.25) is 0 Å². The third-order valence-electron chi connectivity index (χ3n) is 8.65. The lowest BCUT2D eigenvalue weighted by Gasteiger charge is -2.45. The number of carboxylic acids is 1. The van der Waals surface area contributed by atoms with E-state index in [1.165, 1.54) is 53.4 Å². The summed E-state index contributed by atoms with van der Waals surface area (Å²) in [6, 6.07) is 12.7. The van der Waals surface area contributed by atoms with Crippen molar-refractivity contribution in [1.82, 2.24) is 14.8 Å². The summed E-state index contributed by atoms with van der Waals surface area (Å²) < 4.78 is 5.87. The minimum Gasteiger partial charge on any atom is -0.496 e. The molecule has 6 rings (SSSR count). The first-order chi connectivity index (χ1) is 16.5. The summed E-state index contributed by atoms with van der Waals surface area (Å²) in [4.78, 5) is 20.2. The number of carboxylic acid groups (broad SMARTS) is 1. The molecule has 1 aromatic heterocycles. The Morgan fingerprint density at radius 3 is 2.74 bits per heavy atom. The van der Waals surface area contributed by atoms with Gasteiger partial charge in [-0.2, -0.15) is 0 Å². The molecule has 3 aromatic rings. The van der Waals surface area contributed by atoms with E-state index in [-0.39, 0.29) is 6.04 Å². The first-order valence-corrected chi connectivity index (χ1v) is 12.5. The number of nitrogens with zero attached hydrogens (tertiary/aromatic N) is 2. The van der Waals surface area contributed by atoms with Gasteiger partial charge in [-0.3, -0.25) is 9.80 Å². The molecule has 0 bridgehead atoms. The first kappa shape index (κ1) is 21.7. The monoisotopic (exact) mass is 459 g/mol. The second-order valence-electron chi connectivity index (χ2n) is 10.4. The van der Waals surface area contributed by atoms with Crippen molar-refractivity contribution < 1.29 is 14.6 Å². The number of benzene rings is 2. The van der Waals surface area contributed by atoms with Gasteiger partial charge in [0.15, 0.2) is 0 Å². The average molecular weight is 460 g/mol. The van der Waals surface area contributed by atoms with Gasteiger partial charge in [0.1, 0.15) is 5.75 Å². The van der Waals surface area contributed by atoms with Gasteiger partial charge in [-0.1, -0.05) is 18.6 Å². The van der Waals surface area contributed by atoms with Gasteiger partial charge in [-0.15, -0.1) is 0 Å². The number of methoxy groups -OCH3 is 1. The Balaban J connectivity index is 1.38. The SMILES string of the molecule is COc1cc(C)c2[nH]ccc2c1CN1C[C@H]2[C@@H]3CCC[C@@H]3CN2C[C@H]1c1ccc(C(=O)O)cc1. The van der Waals surface area contributed by atoms with Crippen molar-refractivity contribution in [2.24, 2.45) is 11.8 Å². The zero-order valence-electron chi connectivity index (χ0n) is 20.0. The number of carbonyl (C=O) groups is 1. The highest BCUT2D eigenvalue weighted by Crippen LogP contribution is 2.46. The molecule has 3 aliphatic rings. The molecule has 3 fully saturated rings. The Hall–Kier alpha value is -2.83. The number of ether oxygens (including phenoxy) is 1. The van der Waals surface area contributed by atoms with E-state index in [4.69, 9.17) is 4.74 Å². The van der Waals surface area contributed by atoms with Crippen LogP contribution < -0.4 is 4.74 Å². The summed E-state index contributed by atoms with van der Waals surface area (Å²) in [5.41, 5.74) is 5.13. The van der Waals surface area contributed by atoms with Gasteiger partial charge in [0.25, 0.3) is 0 Å². The van der Waals surface area contributed by atoms with Crippen LogP contribution in [0.1, 0.15) is 52.4 Å².